The Morgan fingerprint density at radius 2 is 2.19 bits per heavy atom. The molecule has 1 atom stereocenters. The third-order valence-corrected chi connectivity index (χ3v) is 5.18. The van der Waals surface area contributed by atoms with Gasteiger partial charge in [-0.1, -0.05) is 6.07 Å². The molecule has 0 radical (unpaired) electrons. The van der Waals surface area contributed by atoms with Gasteiger partial charge in [0.2, 0.25) is 5.91 Å². The molecule has 6 nitrogen and oxygen atoms in total. The molecular weight excluding hydrogens is 364 g/mol. The predicted octanol–water partition coefficient (Wildman–Crippen LogP) is 2.81. The van der Waals surface area contributed by atoms with Crippen LogP contribution in [-0.2, 0) is 20.9 Å². The molecule has 3 rings (SSSR count). The van der Waals surface area contributed by atoms with E-state index in [0.717, 1.165) is 12.1 Å². The summed E-state index contributed by atoms with van der Waals surface area (Å²) in [6.45, 7) is 3.52. The molecule has 0 saturated heterocycles. The van der Waals surface area contributed by atoms with E-state index in [1.165, 1.54) is 22.5 Å². The molecule has 0 bridgehead atoms. The summed E-state index contributed by atoms with van der Waals surface area (Å²) >= 11 is 1.29. The Bertz CT molecular complexity index is 869. The number of aromatic nitrogens is 2. The highest BCUT2D eigenvalue weighted by Crippen LogP contribution is 2.43. The molecule has 0 saturated carbocycles. The van der Waals surface area contributed by atoms with Crippen LogP contribution in [0.25, 0.3) is 0 Å². The largest absolute Gasteiger partial charge is 0.465 e. The number of aryl methyl sites for hydroxylation is 1. The number of carbonyl (C=O) groups excluding carboxylic acids is 2. The molecule has 1 aliphatic rings. The van der Waals surface area contributed by atoms with Crippen LogP contribution in [-0.4, -0.2) is 34.0 Å². The number of hydrogen-bond donors (Lipinski definition) is 1. The van der Waals surface area contributed by atoms with Crippen molar-refractivity contribution in [3.63, 3.8) is 0 Å². The van der Waals surface area contributed by atoms with Gasteiger partial charge in [0.15, 0.2) is 11.6 Å². The fourth-order valence-electron chi connectivity index (χ4n) is 2.83. The van der Waals surface area contributed by atoms with E-state index in [-0.39, 0.29) is 24.8 Å². The van der Waals surface area contributed by atoms with Crippen LogP contribution in [0.4, 0.5) is 14.6 Å². The van der Waals surface area contributed by atoms with E-state index in [1.807, 2.05) is 0 Å². The van der Waals surface area contributed by atoms with Crippen molar-refractivity contribution in [2.24, 2.45) is 0 Å². The summed E-state index contributed by atoms with van der Waals surface area (Å²) in [7, 11) is 0. The maximum absolute atomic E-state index is 13.7. The van der Waals surface area contributed by atoms with Crippen molar-refractivity contribution in [2.75, 3.05) is 17.7 Å². The van der Waals surface area contributed by atoms with Gasteiger partial charge in [0, 0.05) is 5.56 Å². The lowest BCUT2D eigenvalue weighted by Crippen LogP contribution is -2.20. The van der Waals surface area contributed by atoms with Crippen molar-refractivity contribution in [1.82, 2.24) is 9.78 Å². The van der Waals surface area contributed by atoms with Gasteiger partial charge in [0.05, 0.1) is 23.3 Å². The van der Waals surface area contributed by atoms with Crippen LogP contribution in [0, 0.1) is 18.6 Å². The maximum atomic E-state index is 13.7. The van der Waals surface area contributed by atoms with E-state index in [4.69, 9.17) is 4.74 Å². The number of thioether (sulfide) groups is 1. The first kappa shape index (κ1) is 18.4. The van der Waals surface area contributed by atoms with Crippen LogP contribution in [0.3, 0.4) is 0 Å². The second-order valence-electron chi connectivity index (χ2n) is 5.72. The van der Waals surface area contributed by atoms with Gasteiger partial charge in [0.25, 0.3) is 0 Å². The number of hydrogen-bond acceptors (Lipinski definition) is 5. The predicted molar refractivity (Wildman–Crippen MR) is 92.9 cm³/mol. The van der Waals surface area contributed by atoms with Gasteiger partial charge in [-0.15, -0.1) is 11.8 Å². The molecule has 0 fully saturated rings. The van der Waals surface area contributed by atoms with E-state index in [0.29, 0.717) is 22.6 Å². The van der Waals surface area contributed by atoms with E-state index in [2.05, 4.69) is 10.4 Å². The molecular formula is C17H17F2N3O3S. The molecule has 1 aliphatic heterocycles. The molecule has 26 heavy (non-hydrogen) atoms. The monoisotopic (exact) mass is 381 g/mol. The molecule has 0 aliphatic carbocycles. The SMILES string of the molecule is CCOC(=O)Cn1nc(C)c2c1NC(=O)CS[C@H]2c1ccc(F)c(F)c1. The average Bonchev–Trinajstić information content (AvgIpc) is 2.77. The second kappa shape index (κ2) is 7.45. The first-order valence-corrected chi connectivity index (χ1v) is 9.05. The molecule has 0 spiro atoms. The third-order valence-electron chi connectivity index (χ3n) is 3.91. The zero-order valence-corrected chi connectivity index (χ0v) is 15.0. The Morgan fingerprint density at radius 1 is 1.42 bits per heavy atom. The number of fused-ring (bicyclic) bond motifs is 1. The third kappa shape index (κ3) is 3.57. The summed E-state index contributed by atoms with van der Waals surface area (Å²) in [4.78, 5) is 23.9. The summed E-state index contributed by atoms with van der Waals surface area (Å²) in [5.41, 5.74) is 1.77. The van der Waals surface area contributed by atoms with Crippen molar-refractivity contribution in [3.8, 4) is 0 Å². The maximum Gasteiger partial charge on any atom is 0.327 e. The van der Waals surface area contributed by atoms with E-state index in [9.17, 15) is 18.4 Å². The summed E-state index contributed by atoms with van der Waals surface area (Å²) in [6, 6.07) is 3.66. The number of rotatable bonds is 4. The Labute approximate surface area is 152 Å². The lowest BCUT2D eigenvalue weighted by atomic mass is 10.0. The molecule has 9 heteroatoms. The van der Waals surface area contributed by atoms with Crippen LogP contribution in [0.5, 0.6) is 0 Å². The highest BCUT2D eigenvalue weighted by molar-refractivity contribution is 8.00. The number of amides is 1. The lowest BCUT2D eigenvalue weighted by Gasteiger charge is -2.15. The molecule has 1 N–H and O–H groups in total. The van der Waals surface area contributed by atoms with Gasteiger partial charge in [-0.05, 0) is 31.5 Å². The topological polar surface area (TPSA) is 73.2 Å². The van der Waals surface area contributed by atoms with Gasteiger partial charge >= 0.3 is 5.97 Å². The number of nitrogens with one attached hydrogen (secondary N) is 1. The number of esters is 1. The van der Waals surface area contributed by atoms with Crippen LogP contribution >= 0.6 is 11.8 Å². The molecule has 1 aromatic heterocycles. The number of halogens is 2. The second-order valence-corrected chi connectivity index (χ2v) is 6.82. The highest BCUT2D eigenvalue weighted by Gasteiger charge is 2.31. The molecule has 1 amide bonds. The smallest absolute Gasteiger partial charge is 0.327 e. The van der Waals surface area contributed by atoms with E-state index in [1.54, 1.807) is 13.8 Å². The Hall–Kier alpha value is -2.42. The minimum atomic E-state index is -0.954. The minimum Gasteiger partial charge on any atom is -0.465 e. The van der Waals surface area contributed by atoms with Crippen molar-refractivity contribution in [3.05, 3.63) is 46.7 Å². The fourth-order valence-corrected chi connectivity index (χ4v) is 4.01. The quantitative estimate of drug-likeness (QED) is 0.825. The van der Waals surface area contributed by atoms with Crippen molar-refractivity contribution in [2.45, 2.75) is 25.6 Å². The summed E-state index contributed by atoms with van der Waals surface area (Å²) in [6.07, 6.45) is 0. The number of nitrogens with zero attached hydrogens (tertiary/aromatic N) is 2. The molecule has 138 valence electrons. The first-order chi connectivity index (χ1) is 12.4. The first-order valence-electron chi connectivity index (χ1n) is 8.00. The lowest BCUT2D eigenvalue weighted by molar-refractivity contribution is -0.144. The Kier molecular flexibility index (Phi) is 5.26. The van der Waals surface area contributed by atoms with Gasteiger partial charge in [-0.25, -0.2) is 13.5 Å². The number of benzene rings is 1. The number of ether oxygens (including phenoxy) is 1. The number of carbonyl (C=O) groups is 2. The van der Waals surface area contributed by atoms with E-state index < -0.39 is 22.9 Å². The summed E-state index contributed by atoms with van der Waals surface area (Å²) < 4.78 is 33.3. The van der Waals surface area contributed by atoms with Crippen molar-refractivity contribution in [1.29, 1.82) is 0 Å². The Balaban J connectivity index is 2.05. The minimum absolute atomic E-state index is 0.136. The van der Waals surface area contributed by atoms with E-state index >= 15 is 0 Å². The molecule has 2 heterocycles. The molecule has 0 unspecified atom stereocenters. The Morgan fingerprint density at radius 3 is 2.88 bits per heavy atom. The fraction of sp³-hybridized carbons (Fsp3) is 0.353. The number of anilines is 1. The molecule has 1 aromatic carbocycles. The van der Waals surface area contributed by atoms with Crippen LogP contribution in [0.15, 0.2) is 18.2 Å². The zero-order chi connectivity index (χ0) is 18.8. The van der Waals surface area contributed by atoms with Crippen molar-refractivity contribution >= 4 is 29.5 Å². The summed E-state index contributed by atoms with van der Waals surface area (Å²) in [5.74, 6) is -2.11. The van der Waals surface area contributed by atoms with Crippen LogP contribution in [0.2, 0.25) is 0 Å². The average molecular weight is 381 g/mol. The summed E-state index contributed by atoms with van der Waals surface area (Å²) in [5, 5.41) is 6.66. The molecule has 2 aromatic rings. The van der Waals surface area contributed by atoms with Gasteiger partial charge in [0.1, 0.15) is 12.4 Å². The van der Waals surface area contributed by atoms with Gasteiger partial charge < -0.3 is 10.1 Å². The van der Waals surface area contributed by atoms with Crippen LogP contribution < -0.4 is 5.32 Å². The van der Waals surface area contributed by atoms with Gasteiger partial charge in [-0.3, -0.25) is 9.59 Å². The standard InChI is InChI=1S/C17H17F2N3O3S/c1-3-25-14(24)7-22-17-15(9(2)21-22)16(26-8-13(23)20-17)10-4-5-11(18)12(19)6-10/h4-6,16H,3,7-8H2,1-2H3,(H,20,23)/t16-/m0/s1. The van der Waals surface area contributed by atoms with Crippen LogP contribution in [0.1, 0.15) is 29.0 Å². The van der Waals surface area contributed by atoms with Crippen molar-refractivity contribution < 1.29 is 23.1 Å². The zero-order valence-electron chi connectivity index (χ0n) is 14.2. The van der Waals surface area contributed by atoms with Gasteiger partial charge in [-0.2, -0.15) is 5.10 Å². The normalized spacial score (nSPS) is 16.6. The highest BCUT2D eigenvalue weighted by atomic mass is 32.2.